The van der Waals surface area contributed by atoms with Crippen LogP contribution >= 0.6 is 24.0 Å². The van der Waals surface area contributed by atoms with Gasteiger partial charge >= 0.3 is 0 Å². The van der Waals surface area contributed by atoms with Crippen LogP contribution in [-0.2, 0) is 16.8 Å². The summed E-state index contributed by atoms with van der Waals surface area (Å²) in [6, 6.07) is 17.1. The minimum absolute atomic E-state index is 0.107. The Morgan fingerprint density at radius 3 is 2.64 bits per heavy atom. The number of carbonyl (C=O) groups is 1. The van der Waals surface area contributed by atoms with Gasteiger partial charge in [-0.2, -0.15) is 0 Å². The molecule has 0 radical (unpaired) electrons. The fourth-order valence-corrected chi connectivity index (χ4v) is 5.91. The van der Waals surface area contributed by atoms with Gasteiger partial charge in [-0.1, -0.05) is 92.9 Å². The van der Waals surface area contributed by atoms with Gasteiger partial charge in [-0.15, -0.1) is 0 Å². The second-order valence-electron chi connectivity index (χ2n) is 7.78. The molecule has 1 amide bonds. The third-order valence-corrected chi connectivity index (χ3v) is 7.64. The largest absolute Gasteiger partial charge is 0.340 e. The molecule has 2 atom stereocenters. The van der Waals surface area contributed by atoms with Crippen LogP contribution in [0.2, 0.25) is 0 Å². The zero-order chi connectivity index (χ0) is 19.6. The smallest absolute Gasteiger partial charge is 0.264 e. The number of hydrogen-bond acceptors (Lipinski definition) is 3. The van der Waals surface area contributed by atoms with Gasteiger partial charge in [-0.25, -0.2) is 0 Å². The summed E-state index contributed by atoms with van der Waals surface area (Å²) in [5, 5.41) is 5.64. The molecule has 1 N–H and O–H groups in total. The SMILES string of the molecule is C=c1c(=C2SC(=S)NC2=O)c2cccc3c2n1CC(C)C3(C)c1ccccc1. The van der Waals surface area contributed by atoms with Crippen molar-refractivity contribution < 1.29 is 4.79 Å². The second kappa shape index (κ2) is 6.06. The van der Waals surface area contributed by atoms with Crippen molar-refractivity contribution in [1.29, 1.82) is 0 Å². The van der Waals surface area contributed by atoms with Crippen molar-refractivity contribution in [3.05, 3.63) is 70.2 Å². The van der Waals surface area contributed by atoms with E-state index in [1.165, 1.54) is 28.4 Å². The van der Waals surface area contributed by atoms with Crippen LogP contribution in [-0.4, -0.2) is 14.8 Å². The molecule has 2 aliphatic rings. The van der Waals surface area contributed by atoms with E-state index in [-0.39, 0.29) is 11.3 Å². The third kappa shape index (κ3) is 2.23. The fraction of sp³-hybridized carbons (Fsp3) is 0.217. The molecule has 2 aromatic carbocycles. The lowest BCUT2D eigenvalue weighted by molar-refractivity contribution is -0.113. The number of thioether (sulfide) groups is 1. The molecule has 2 aliphatic heterocycles. The first kappa shape index (κ1) is 17.7. The number of carbonyl (C=O) groups excluding carboxylic acids is 1. The highest BCUT2D eigenvalue weighted by Crippen LogP contribution is 2.45. The van der Waals surface area contributed by atoms with E-state index in [0.717, 1.165) is 22.5 Å². The molecule has 0 bridgehead atoms. The van der Waals surface area contributed by atoms with E-state index in [4.69, 9.17) is 12.2 Å². The second-order valence-corrected chi connectivity index (χ2v) is 9.46. The van der Waals surface area contributed by atoms with Crippen LogP contribution in [0.4, 0.5) is 0 Å². The summed E-state index contributed by atoms with van der Waals surface area (Å²) < 4.78 is 2.80. The lowest BCUT2D eigenvalue weighted by Crippen LogP contribution is -2.41. The van der Waals surface area contributed by atoms with E-state index in [0.29, 0.717) is 15.1 Å². The molecular formula is C23H20N2OS2. The maximum atomic E-state index is 12.5. The summed E-state index contributed by atoms with van der Waals surface area (Å²) in [5.74, 6) is 0.257. The Balaban J connectivity index is 1.92. The van der Waals surface area contributed by atoms with Gasteiger partial charge in [0.1, 0.15) is 4.32 Å². The first-order valence-electron chi connectivity index (χ1n) is 9.36. The molecule has 5 rings (SSSR count). The average Bonchev–Trinajstić information content (AvgIpc) is 3.16. The molecule has 3 aromatic rings. The molecule has 1 aromatic heterocycles. The minimum atomic E-state index is -0.123. The van der Waals surface area contributed by atoms with Gasteiger partial charge in [0.2, 0.25) is 0 Å². The predicted octanol–water partition coefficient (Wildman–Crippen LogP) is 3.26. The molecule has 0 aliphatic carbocycles. The Kier molecular flexibility index (Phi) is 3.83. The highest BCUT2D eigenvalue weighted by atomic mass is 32.2. The van der Waals surface area contributed by atoms with E-state index in [9.17, 15) is 4.79 Å². The summed E-state index contributed by atoms with van der Waals surface area (Å²) in [4.78, 5) is 13.2. The maximum absolute atomic E-state index is 12.5. The summed E-state index contributed by atoms with van der Waals surface area (Å²) in [5.41, 5.74) is 3.68. The third-order valence-electron chi connectivity index (χ3n) is 6.41. The Morgan fingerprint density at radius 1 is 1.21 bits per heavy atom. The first-order chi connectivity index (χ1) is 13.4. The lowest BCUT2D eigenvalue weighted by atomic mass is 9.66. The minimum Gasteiger partial charge on any atom is -0.340 e. The zero-order valence-corrected chi connectivity index (χ0v) is 17.4. The lowest BCUT2D eigenvalue weighted by Gasteiger charge is -2.41. The van der Waals surface area contributed by atoms with Gasteiger partial charge in [0, 0.05) is 27.9 Å². The highest BCUT2D eigenvalue weighted by molar-refractivity contribution is 8.30. The Labute approximate surface area is 173 Å². The first-order valence-corrected chi connectivity index (χ1v) is 10.6. The highest BCUT2D eigenvalue weighted by Gasteiger charge is 2.41. The topological polar surface area (TPSA) is 34.0 Å². The summed E-state index contributed by atoms with van der Waals surface area (Å²) in [7, 11) is 0. The van der Waals surface area contributed by atoms with Gasteiger partial charge < -0.3 is 9.88 Å². The summed E-state index contributed by atoms with van der Waals surface area (Å²) >= 11 is 6.55. The van der Waals surface area contributed by atoms with Gasteiger partial charge in [-0.05, 0) is 17.0 Å². The van der Waals surface area contributed by atoms with Crippen molar-refractivity contribution in [2.24, 2.45) is 5.92 Å². The van der Waals surface area contributed by atoms with Crippen LogP contribution in [0.25, 0.3) is 22.4 Å². The molecule has 0 spiro atoms. The Hall–Kier alpha value is -2.37. The quantitative estimate of drug-likeness (QED) is 0.632. The number of aromatic nitrogens is 1. The van der Waals surface area contributed by atoms with Gasteiger partial charge in [0.25, 0.3) is 5.91 Å². The van der Waals surface area contributed by atoms with Crippen molar-refractivity contribution >= 4 is 56.6 Å². The molecule has 3 nitrogen and oxygen atoms in total. The molecule has 3 heterocycles. The standard InChI is InChI=1S/C23H20N2OS2/c1-13-12-25-14(2)18(20-21(26)24-22(27)28-20)16-10-7-11-17(19(16)25)23(13,3)15-8-5-4-6-9-15/h4-11,13H,2,12H2,1,3H3,(H,24,26,27). The number of rotatable bonds is 1. The van der Waals surface area contributed by atoms with Crippen molar-refractivity contribution in [3.63, 3.8) is 0 Å². The van der Waals surface area contributed by atoms with Gasteiger partial charge in [-0.3, -0.25) is 4.79 Å². The van der Waals surface area contributed by atoms with Gasteiger partial charge in [0.05, 0.1) is 10.4 Å². The fourth-order valence-electron chi connectivity index (χ4n) is 4.76. The number of nitrogens with one attached hydrogen (secondary N) is 1. The van der Waals surface area contributed by atoms with E-state index in [1.807, 2.05) is 0 Å². The molecule has 5 heteroatoms. The average molecular weight is 405 g/mol. The summed E-state index contributed by atoms with van der Waals surface area (Å²) in [6.45, 7) is 9.86. The number of nitrogens with zero attached hydrogens (tertiary/aromatic N) is 1. The normalized spacial score (nSPS) is 26.0. The maximum Gasteiger partial charge on any atom is 0.264 e. The van der Waals surface area contributed by atoms with E-state index >= 15 is 0 Å². The molecule has 0 saturated carbocycles. The molecular weight excluding hydrogens is 384 g/mol. The Bertz CT molecular complexity index is 1280. The van der Waals surface area contributed by atoms with Crippen molar-refractivity contribution in [3.8, 4) is 0 Å². The van der Waals surface area contributed by atoms with Crippen LogP contribution in [0.15, 0.2) is 48.5 Å². The monoisotopic (exact) mass is 404 g/mol. The molecule has 1 fully saturated rings. The van der Waals surface area contributed by atoms with Crippen molar-refractivity contribution in [2.75, 3.05) is 0 Å². The number of benzene rings is 2. The van der Waals surface area contributed by atoms with Crippen LogP contribution in [0.5, 0.6) is 0 Å². The van der Waals surface area contributed by atoms with Crippen molar-refractivity contribution in [2.45, 2.75) is 25.8 Å². The van der Waals surface area contributed by atoms with Crippen LogP contribution in [0, 0.1) is 5.92 Å². The van der Waals surface area contributed by atoms with Crippen LogP contribution in [0.1, 0.15) is 25.0 Å². The number of para-hydroxylation sites is 1. The van der Waals surface area contributed by atoms with E-state index in [1.54, 1.807) is 0 Å². The van der Waals surface area contributed by atoms with Crippen molar-refractivity contribution in [1.82, 2.24) is 9.88 Å². The zero-order valence-electron chi connectivity index (χ0n) is 15.8. The Morgan fingerprint density at radius 2 is 1.96 bits per heavy atom. The molecule has 1 saturated heterocycles. The molecule has 140 valence electrons. The molecule has 28 heavy (non-hydrogen) atoms. The predicted molar refractivity (Wildman–Crippen MR) is 121 cm³/mol. The van der Waals surface area contributed by atoms with Crippen LogP contribution in [0.3, 0.4) is 0 Å². The van der Waals surface area contributed by atoms with Crippen LogP contribution < -0.4 is 15.9 Å². The van der Waals surface area contributed by atoms with E-state index in [2.05, 4.69) is 78.8 Å². The molecule has 2 unspecified atom stereocenters. The summed E-state index contributed by atoms with van der Waals surface area (Å²) in [6.07, 6.45) is 0. The van der Waals surface area contributed by atoms with E-state index < -0.39 is 0 Å². The number of hydrogen-bond donors (Lipinski definition) is 1. The van der Waals surface area contributed by atoms with Gasteiger partial charge in [0.15, 0.2) is 0 Å². The number of thiocarbonyl (C=S) groups is 1. The number of amides is 1.